The smallest absolute Gasteiger partial charge is 0.356 e. The highest BCUT2D eigenvalue weighted by molar-refractivity contribution is 6.30. The van der Waals surface area contributed by atoms with Crippen molar-refractivity contribution >= 4 is 17.6 Å². The van der Waals surface area contributed by atoms with E-state index in [9.17, 15) is 14.3 Å². The van der Waals surface area contributed by atoms with Gasteiger partial charge in [-0.1, -0.05) is 11.6 Å². The summed E-state index contributed by atoms with van der Waals surface area (Å²) in [5.74, 6) is -1.54. The highest BCUT2D eigenvalue weighted by Crippen LogP contribution is 2.28. The minimum Gasteiger partial charge on any atom is -0.476 e. The molecule has 0 bridgehead atoms. The van der Waals surface area contributed by atoms with Crippen LogP contribution in [0.2, 0.25) is 5.02 Å². The van der Waals surface area contributed by atoms with E-state index in [1.54, 1.807) is 10.7 Å². The summed E-state index contributed by atoms with van der Waals surface area (Å²) in [6.45, 7) is 0. The Labute approximate surface area is 119 Å². The number of carbonyl (C=O) groups is 1. The van der Waals surface area contributed by atoms with Crippen LogP contribution in [0, 0.1) is 5.82 Å². The van der Waals surface area contributed by atoms with Gasteiger partial charge in [0, 0.05) is 11.3 Å². The summed E-state index contributed by atoms with van der Waals surface area (Å²) in [6.07, 6.45) is 3.44. The number of hydrogen-bond donors (Lipinski definition) is 1. The summed E-state index contributed by atoms with van der Waals surface area (Å²) in [5, 5.41) is 13.4. The van der Waals surface area contributed by atoms with E-state index in [1.807, 2.05) is 0 Å². The molecular weight excluding hydrogens is 283 g/mol. The average Bonchev–Trinajstić information content (AvgIpc) is 2.82. The predicted molar refractivity (Wildman–Crippen MR) is 72.1 cm³/mol. The molecule has 0 fully saturated rings. The van der Waals surface area contributed by atoms with Crippen molar-refractivity contribution in [3.05, 3.63) is 46.0 Å². The van der Waals surface area contributed by atoms with Crippen molar-refractivity contribution in [1.82, 2.24) is 9.78 Å². The Hall–Kier alpha value is -1.88. The molecule has 0 atom stereocenters. The zero-order chi connectivity index (χ0) is 14.3. The first-order valence-corrected chi connectivity index (χ1v) is 6.75. The van der Waals surface area contributed by atoms with Crippen LogP contribution in [0.5, 0.6) is 0 Å². The van der Waals surface area contributed by atoms with Gasteiger partial charge in [0.05, 0.1) is 10.7 Å². The molecule has 0 saturated heterocycles. The largest absolute Gasteiger partial charge is 0.476 e. The highest BCUT2D eigenvalue weighted by Gasteiger charge is 2.25. The fourth-order valence-electron chi connectivity index (χ4n) is 2.60. The van der Waals surface area contributed by atoms with Gasteiger partial charge in [0.25, 0.3) is 0 Å². The van der Waals surface area contributed by atoms with Crippen molar-refractivity contribution in [1.29, 1.82) is 0 Å². The number of carboxylic acid groups (broad SMARTS) is 1. The lowest BCUT2D eigenvalue weighted by Gasteiger charge is -2.14. The number of aromatic carboxylic acids is 1. The summed E-state index contributed by atoms with van der Waals surface area (Å²) in [6, 6.07) is 4.27. The Morgan fingerprint density at radius 3 is 2.80 bits per heavy atom. The molecule has 4 nitrogen and oxygen atoms in total. The second-order valence-corrected chi connectivity index (χ2v) is 5.20. The second kappa shape index (κ2) is 4.90. The van der Waals surface area contributed by atoms with Gasteiger partial charge in [0.15, 0.2) is 5.69 Å². The molecule has 104 valence electrons. The molecule has 1 aliphatic carbocycles. The van der Waals surface area contributed by atoms with Gasteiger partial charge in [-0.15, -0.1) is 0 Å². The Kier molecular flexibility index (Phi) is 3.22. The molecule has 0 aliphatic heterocycles. The second-order valence-electron chi connectivity index (χ2n) is 4.80. The summed E-state index contributed by atoms with van der Waals surface area (Å²) in [7, 11) is 0. The van der Waals surface area contributed by atoms with Gasteiger partial charge in [0.1, 0.15) is 5.82 Å². The summed E-state index contributed by atoms with van der Waals surface area (Å²) in [4.78, 5) is 11.3. The molecule has 6 heteroatoms. The SMILES string of the molecule is O=C(O)c1nn(-c2ccc(F)c(Cl)c2)c2c1CCCC2. The van der Waals surface area contributed by atoms with E-state index in [-0.39, 0.29) is 10.7 Å². The van der Waals surface area contributed by atoms with Gasteiger partial charge in [-0.3, -0.25) is 0 Å². The van der Waals surface area contributed by atoms with E-state index in [2.05, 4.69) is 5.10 Å². The van der Waals surface area contributed by atoms with Crippen molar-refractivity contribution < 1.29 is 14.3 Å². The third kappa shape index (κ3) is 2.08. The van der Waals surface area contributed by atoms with Crippen LogP contribution in [0.15, 0.2) is 18.2 Å². The van der Waals surface area contributed by atoms with Crippen LogP contribution in [-0.4, -0.2) is 20.9 Å². The Balaban J connectivity index is 2.18. The van der Waals surface area contributed by atoms with Crippen molar-refractivity contribution in [2.45, 2.75) is 25.7 Å². The lowest BCUT2D eigenvalue weighted by Crippen LogP contribution is -2.08. The zero-order valence-corrected chi connectivity index (χ0v) is 11.3. The minimum atomic E-state index is -1.03. The quantitative estimate of drug-likeness (QED) is 0.925. The molecule has 0 unspecified atom stereocenters. The molecule has 2 aromatic rings. The molecule has 20 heavy (non-hydrogen) atoms. The maximum atomic E-state index is 13.2. The number of aromatic nitrogens is 2. The highest BCUT2D eigenvalue weighted by atomic mass is 35.5. The Morgan fingerprint density at radius 2 is 2.10 bits per heavy atom. The molecule has 1 aliphatic rings. The summed E-state index contributed by atoms with van der Waals surface area (Å²) in [5.41, 5.74) is 2.34. The van der Waals surface area contributed by atoms with Gasteiger partial charge in [-0.05, 0) is 43.9 Å². The standard InChI is InChI=1S/C14H12ClFN2O2/c15-10-7-8(5-6-11(10)16)18-12-4-2-1-3-9(12)13(17-18)14(19)20/h5-7H,1-4H2,(H,19,20). The number of benzene rings is 1. The van der Waals surface area contributed by atoms with E-state index >= 15 is 0 Å². The molecule has 0 amide bonds. The van der Waals surface area contributed by atoms with Crippen LogP contribution in [0.1, 0.15) is 34.6 Å². The van der Waals surface area contributed by atoms with Crippen LogP contribution in [-0.2, 0) is 12.8 Å². The third-order valence-corrected chi connectivity index (χ3v) is 3.82. The fourth-order valence-corrected chi connectivity index (χ4v) is 2.78. The van der Waals surface area contributed by atoms with E-state index in [0.717, 1.165) is 30.5 Å². The molecule has 1 aromatic carbocycles. The van der Waals surface area contributed by atoms with Crippen LogP contribution in [0.25, 0.3) is 5.69 Å². The van der Waals surface area contributed by atoms with E-state index in [0.29, 0.717) is 12.1 Å². The molecule has 0 spiro atoms. The van der Waals surface area contributed by atoms with E-state index in [4.69, 9.17) is 11.6 Å². The summed E-state index contributed by atoms with van der Waals surface area (Å²) >= 11 is 5.78. The molecule has 1 heterocycles. The van der Waals surface area contributed by atoms with Gasteiger partial charge >= 0.3 is 5.97 Å². The zero-order valence-electron chi connectivity index (χ0n) is 10.6. The molecule has 0 radical (unpaired) electrons. The van der Waals surface area contributed by atoms with Crippen molar-refractivity contribution in [2.75, 3.05) is 0 Å². The number of hydrogen-bond acceptors (Lipinski definition) is 2. The molecule has 1 aromatic heterocycles. The number of nitrogens with zero attached hydrogens (tertiary/aromatic N) is 2. The topological polar surface area (TPSA) is 55.1 Å². The lowest BCUT2D eigenvalue weighted by molar-refractivity contribution is 0.0688. The maximum absolute atomic E-state index is 13.2. The number of rotatable bonds is 2. The van der Waals surface area contributed by atoms with Crippen molar-refractivity contribution in [2.24, 2.45) is 0 Å². The van der Waals surface area contributed by atoms with Gasteiger partial charge in [-0.2, -0.15) is 5.10 Å². The van der Waals surface area contributed by atoms with Crippen molar-refractivity contribution in [3.63, 3.8) is 0 Å². The minimum absolute atomic E-state index is 0.000524. The Bertz CT molecular complexity index is 697. The molecular formula is C14H12ClFN2O2. The van der Waals surface area contributed by atoms with Crippen LogP contribution >= 0.6 is 11.6 Å². The number of fused-ring (bicyclic) bond motifs is 1. The lowest BCUT2D eigenvalue weighted by atomic mass is 9.95. The molecule has 0 saturated carbocycles. The monoisotopic (exact) mass is 294 g/mol. The predicted octanol–water partition coefficient (Wildman–Crippen LogP) is 3.24. The van der Waals surface area contributed by atoms with Gasteiger partial charge < -0.3 is 5.11 Å². The number of halogens is 2. The third-order valence-electron chi connectivity index (χ3n) is 3.53. The first-order valence-electron chi connectivity index (χ1n) is 6.37. The maximum Gasteiger partial charge on any atom is 0.356 e. The summed E-state index contributed by atoms with van der Waals surface area (Å²) < 4.78 is 14.8. The Morgan fingerprint density at radius 1 is 1.35 bits per heavy atom. The first-order chi connectivity index (χ1) is 9.58. The van der Waals surface area contributed by atoms with Gasteiger partial charge in [0.2, 0.25) is 0 Å². The van der Waals surface area contributed by atoms with Crippen LogP contribution < -0.4 is 0 Å². The normalized spacial score (nSPS) is 14.1. The molecule has 1 N–H and O–H groups in total. The average molecular weight is 295 g/mol. The van der Waals surface area contributed by atoms with E-state index in [1.165, 1.54) is 12.1 Å². The van der Waals surface area contributed by atoms with Crippen LogP contribution in [0.4, 0.5) is 4.39 Å². The fraction of sp³-hybridized carbons (Fsp3) is 0.286. The van der Waals surface area contributed by atoms with Gasteiger partial charge in [-0.25, -0.2) is 13.9 Å². The van der Waals surface area contributed by atoms with Crippen molar-refractivity contribution in [3.8, 4) is 5.69 Å². The van der Waals surface area contributed by atoms with Crippen LogP contribution in [0.3, 0.4) is 0 Å². The van der Waals surface area contributed by atoms with E-state index < -0.39 is 11.8 Å². The molecule has 3 rings (SSSR count). The first kappa shape index (κ1) is 13.1. The number of carboxylic acids is 1.